The van der Waals surface area contributed by atoms with Crippen LogP contribution in [0.1, 0.15) is 5.56 Å². The third-order valence-corrected chi connectivity index (χ3v) is 2.87. The lowest BCUT2D eigenvalue weighted by Gasteiger charge is -2.14. The average Bonchev–Trinajstić information content (AvgIpc) is 2.46. The zero-order chi connectivity index (χ0) is 14.4. The number of nitrogens with one attached hydrogen (secondary N) is 1. The van der Waals surface area contributed by atoms with Gasteiger partial charge in [0.2, 0.25) is 0 Å². The van der Waals surface area contributed by atoms with Crippen LogP contribution in [-0.4, -0.2) is 24.4 Å². The normalized spacial score (nSPS) is 11.9. The molecule has 106 valence electrons. The number of hydrogen-bond donors (Lipinski definition) is 2. The molecule has 1 unspecified atom stereocenters. The van der Waals surface area contributed by atoms with Crippen LogP contribution in [0.3, 0.4) is 0 Å². The molecule has 0 spiro atoms. The predicted molar refractivity (Wildman–Crippen MR) is 77.6 cm³/mol. The maximum Gasteiger partial charge on any atom is 0.146 e. The van der Waals surface area contributed by atoms with Gasteiger partial charge in [-0.15, -0.1) is 0 Å². The van der Waals surface area contributed by atoms with Gasteiger partial charge in [0.15, 0.2) is 0 Å². The Hall–Kier alpha value is -2.07. The number of aliphatic hydroxyl groups is 1. The lowest BCUT2D eigenvalue weighted by molar-refractivity contribution is 0.117. The van der Waals surface area contributed by atoms with E-state index < -0.39 is 6.10 Å². The summed E-state index contributed by atoms with van der Waals surface area (Å²) in [6.45, 7) is 2.38. The monoisotopic (exact) mass is 275 g/mol. The van der Waals surface area contributed by atoms with Crippen molar-refractivity contribution in [2.75, 3.05) is 18.5 Å². The molecule has 4 heteroatoms. The lowest BCUT2D eigenvalue weighted by atomic mass is 10.2. The average molecular weight is 275 g/mol. The highest BCUT2D eigenvalue weighted by atomic mass is 19.1. The number of aliphatic hydroxyl groups excluding tert-OH is 1. The SMILES string of the molecule is Cc1ccc(OCC(O)CNc2ccccc2F)cc1. The van der Waals surface area contributed by atoms with Crippen molar-refractivity contribution in [3.05, 3.63) is 59.9 Å². The van der Waals surface area contributed by atoms with Crippen molar-refractivity contribution in [2.45, 2.75) is 13.0 Å². The fourth-order valence-electron chi connectivity index (χ4n) is 1.72. The molecule has 0 aliphatic rings. The van der Waals surface area contributed by atoms with Gasteiger partial charge in [0.25, 0.3) is 0 Å². The molecule has 2 aromatic rings. The van der Waals surface area contributed by atoms with E-state index in [1.54, 1.807) is 18.2 Å². The third-order valence-electron chi connectivity index (χ3n) is 2.87. The second-order valence-electron chi connectivity index (χ2n) is 4.64. The molecule has 0 fully saturated rings. The number of rotatable bonds is 6. The van der Waals surface area contributed by atoms with Gasteiger partial charge < -0.3 is 15.2 Å². The summed E-state index contributed by atoms with van der Waals surface area (Å²) in [5.41, 5.74) is 1.53. The standard InChI is InChI=1S/C16H18FNO2/c1-12-6-8-14(9-7-12)20-11-13(19)10-18-16-5-3-2-4-15(16)17/h2-9,13,18-19H,10-11H2,1H3. The summed E-state index contributed by atoms with van der Waals surface area (Å²) in [4.78, 5) is 0. The van der Waals surface area contributed by atoms with Crippen LogP contribution in [0.25, 0.3) is 0 Å². The van der Waals surface area contributed by atoms with Crippen LogP contribution in [0.4, 0.5) is 10.1 Å². The van der Waals surface area contributed by atoms with Gasteiger partial charge in [-0.05, 0) is 31.2 Å². The van der Waals surface area contributed by atoms with E-state index in [9.17, 15) is 9.50 Å². The van der Waals surface area contributed by atoms with Crippen LogP contribution in [0.2, 0.25) is 0 Å². The maximum absolute atomic E-state index is 13.4. The largest absolute Gasteiger partial charge is 0.491 e. The number of para-hydroxylation sites is 1. The highest BCUT2D eigenvalue weighted by Crippen LogP contribution is 2.13. The summed E-state index contributed by atoms with van der Waals surface area (Å²) < 4.78 is 18.8. The Balaban J connectivity index is 1.77. The maximum atomic E-state index is 13.4. The first kappa shape index (κ1) is 14.3. The first-order chi connectivity index (χ1) is 9.65. The first-order valence-corrected chi connectivity index (χ1v) is 6.51. The molecular weight excluding hydrogens is 257 g/mol. The van der Waals surface area contributed by atoms with Crippen LogP contribution in [0, 0.1) is 12.7 Å². The number of halogens is 1. The number of ether oxygens (including phenoxy) is 1. The molecule has 0 bridgehead atoms. The Kier molecular flexibility index (Phi) is 4.96. The quantitative estimate of drug-likeness (QED) is 0.851. The minimum Gasteiger partial charge on any atom is -0.491 e. The highest BCUT2D eigenvalue weighted by molar-refractivity contribution is 5.44. The van der Waals surface area contributed by atoms with E-state index in [0.717, 1.165) is 5.56 Å². The minimum absolute atomic E-state index is 0.157. The Morgan fingerprint density at radius 2 is 1.85 bits per heavy atom. The van der Waals surface area contributed by atoms with Crippen molar-refractivity contribution in [1.29, 1.82) is 0 Å². The molecule has 0 radical (unpaired) electrons. The van der Waals surface area contributed by atoms with Gasteiger partial charge in [-0.3, -0.25) is 0 Å². The topological polar surface area (TPSA) is 41.5 Å². The minimum atomic E-state index is -0.712. The van der Waals surface area contributed by atoms with Crippen LogP contribution >= 0.6 is 0 Å². The van der Waals surface area contributed by atoms with E-state index in [2.05, 4.69) is 5.32 Å². The molecular formula is C16H18FNO2. The summed E-state index contributed by atoms with van der Waals surface area (Å²) in [6, 6.07) is 14.0. The Labute approximate surface area is 118 Å². The van der Waals surface area contributed by atoms with E-state index in [1.807, 2.05) is 31.2 Å². The molecule has 3 nitrogen and oxygen atoms in total. The summed E-state index contributed by atoms with van der Waals surface area (Å²) in [7, 11) is 0. The zero-order valence-corrected chi connectivity index (χ0v) is 11.3. The van der Waals surface area contributed by atoms with Crippen molar-refractivity contribution in [3.8, 4) is 5.75 Å². The fourth-order valence-corrected chi connectivity index (χ4v) is 1.72. The fraction of sp³-hybridized carbons (Fsp3) is 0.250. The molecule has 0 saturated carbocycles. The number of benzene rings is 2. The van der Waals surface area contributed by atoms with Gasteiger partial charge >= 0.3 is 0 Å². The van der Waals surface area contributed by atoms with Gasteiger partial charge in [-0.2, -0.15) is 0 Å². The molecule has 2 rings (SSSR count). The highest BCUT2D eigenvalue weighted by Gasteiger charge is 2.07. The Morgan fingerprint density at radius 3 is 2.55 bits per heavy atom. The number of anilines is 1. The van der Waals surface area contributed by atoms with Gasteiger partial charge in [-0.1, -0.05) is 29.8 Å². The zero-order valence-electron chi connectivity index (χ0n) is 11.3. The molecule has 0 aliphatic heterocycles. The molecule has 0 aromatic heterocycles. The molecule has 0 amide bonds. The lowest BCUT2D eigenvalue weighted by Crippen LogP contribution is -2.26. The Morgan fingerprint density at radius 1 is 1.15 bits per heavy atom. The second-order valence-corrected chi connectivity index (χ2v) is 4.64. The van der Waals surface area contributed by atoms with Crippen LogP contribution in [0.15, 0.2) is 48.5 Å². The molecule has 0 aliphatic carbocycles. The van der Waals surface area contributed by atoms with Crippen LogP contribution in [-0.2, 0) is 0 Å². The van der Waals surface area contributed by atoms with E-state index in [1.165, 1.54) is 6.07 Å². The Bertz CT molecular complexity index is 542. The first-order valence-electron chi connectivity index (χ1n) is 6.51. The van der Waals surface area contributed by atoms with Gasteiger partial charge in [-0.25, -0.2) is 4.39 Å². The van der Waals surface area contributed by atoms with E-state index in [-0.39, 0.29) is 19.0 Å². The summed E-state index contributed by atoms with van der Waals surface area (Å²) >= 11 is 0. The van der Waals surface area contributed by atoms with Crippen molar-refractivity contribution < 1.29 is 14.2 Å². The van der Waals surface area contributed by atoms with Crippen molar-refractivity contribution in [1.82, 2.24) is 0 Å². The summed E-state index contributed by atoms with van der Waals surface area (Å²) in [6.07, 6.45) is -0.712. The number of aryl methyl sites for hydroxylation is 1. The van der Waals surface area contributed by atoms with E-state index >= 15 is 0 Å². The van der Waals surface area contributed by atoms with E-state index in [4.69, 9.17) is 4.74 Å². The van der Waals surface area contributed by atoms with E-state index in [0.29, 0.717) is 11.4 Å². The summed E-state index contributed by atoms with van der Waals surface area (Å²) in [5.74, 6) is 0.375. The van der Waals surface area contributed by atoms with Crippen molar-refractivity contribution in [2.24, 2.45) is 0 Å². The van der Waals surface area contributed by atoms with Gasteiger partial charge in [0, 0.05) is 6.54 Å². The predicted octanol–water partition coefficient (Wildman–Crippen LogP) is 2.99. The smallest absolute Gasteiger partial charge is 0.146 e. The third kappa shape index (κ3) is 4.24. The molecule has 0 heterocycles. The second kappa shape index (κ2) is 6.91. The van der Waals surface area contributed by atoms with Gasteiger partial charge in [0.05, 0.1) is 5.69 Å². The van der Waals surface area contributed by atoms with Gasteiger partial charge in [0.1, 0.15) is 24.3 Å². The van der Waals surface area contributed by atoms with Crippen molar-refractivity contribution >= 4 is 5.69 Å². The summed E-state index contributed by atoms with van der Waals surface area (Å²) in [5, 5.41) is 12.7. The molecule has 1 atom stereocenters. The number of hydrogen-bond acceptors (Lipinski definition) is 3. The van der Waals surface area contributed by atoms with Crippen molar-refractivity contribution in [3.63, 3.8) is 0 Å². The molecule has 2 N–H and O–H groups in total. The van der Waals surface area contributed by atoms with Crippen LogP contribution < -0.4 is 10.1 Å². The van der Waals surface area contributed by atoms with Crippen LogP contribution in [0.5, 0.6) is 5.75 Å². The molecule has 2 aromatic carbocycles. The molecule has 0 saturated heterocycles. The molecule has 20 heavy (non-hydrogen) atoms.